The van der Waals surface area contributed by atoms with Gasteiger partial charge in [-0.25, -0.2) is 4.68 Å². The monoisotopic (exact) mass is 469 g/mol. The van der Waals surface area contributed by atoms with Gasteiger partial charge in [0.1, 0.15) is 5.52 Å². The van der Waals surface area contributed by atoms with E-state index in [1.807, 2.05) is 37.8 Å². The predicted octanol–water partition coefficient (Wildman–Crippen LogP) is 3.37. The van der Waals surface area contributed by atoms with Crippen LogP contribution in [0, 0.1) is 19.8 Å². The van der Waals surface area contributed by atoms with Gasteiger partial charge in [0.2, 0.25) is 5.91 Å². The number of fused-ring (bicyclic) bond motifs is 1. The van der Waals surface area contributed by atoms with E-state index in [-0.39, 0.29) is 11.8 Å². The van der Waals surface area contributed by atoms with Crippen molar-refractivity contribution in [3.8, 4) is 5.69 Å². The number of hydrogen-bond donors (Lipinski definition) is 1. The normalized spacial score (nSPS) is 14.9. The molecule has 0 unspecified atom stereocenters. The second-order valence-electron chi connectivity index (χ2n) is 9.08. The Morgan fingerprint density at radius 1 is 1.15 bits per heavy atom. The summed E-state index contributed by atoms with van der Waals surface area (Å²) in [6.07, 6.45) is 2.53. The molecule has 1 aliphatic rings. The molecule has 0 atom stereocenters. The number of carbonyl (C=O) groups excluding carboxylic acids is 1. The Labute approximate surface area is 199 Å². The molecule has 0 aliphatic carbocycles. The van der Waals surface area contributed by atoms with E-state index < -0.39 is 0 Å². The summed E-state index contributed by atoms with van der Waals surface area (Å²) in [6, 6.07) is 8.23. The molecule has 33 heavy (non-hydrogen) atoms. The number of anilines is 1. The van der Waals surface area contributed by atoms with Crippen molar-refractivity contribution in [3.05, 3.63) is 40.7 Å². The molecule has 8 nitrogen and oxygen atoms in total. The van der Waals surface area contributed by atoms with Crippen LogP contribution >= 0.6 is 11.6 Å². The van der Waals surface area contributed by atoms with Gasteiger partial charge in [0.05, 0.1) is 16.8 Å². The highest BCUT2D eigenvalue weighted by molar-refractivity contribution is 6.34. The van der Waals surface area contributed by atoms with Gasteiger partial charge in [-0.1, -0.05) is 29.3 Å². The Morgan fingerprint density at radius 2 is 1.85 bits per heavy atom. The second-order valence-corrected chi connectivity index (χ2v) is 9.44. The zero-order valence-electron chi connectivity index (χ0n) is 19.8. The van der Waals surface area contributed by atoms with Gasteiger partial charge >= 0.3 is 0 Å². The maximum Gasteiger partial charge on any atom is 0.223 e. The number of halogens is 1. The van der Waals surface area contributed by atoms with Crippen molar-refractivity contribution < 1.29 is 4.79 Å². The fraction of sp³-hybridized carbons (Fsp3) is 0.500. The first kappa shape index (κ1) is 23.4. The van der Waals surface area contributed by atoms with Crippen LogP contribution in [0.15, 0.2) is 24.3 Å². The fourth-order valence-corrected chi connectivity index (χ4v) is 4.54. The fourth-order valence-electron chi connectivity index (χ4n) is 4.37. The van der Waals surface area contributed by atoms with Crippen LogP contribution in [0.25, 0.3) is 16.6 Å². The summed E-state index contributed by atoms with van der Waals surface area (Å²) in [5.41, 5.74) is 3.79. The van der Waals surface area contributed by atoms with Crippen molar-refractivity contribution in [2.75, 3.05) is 45.2 Å². The van der Waals surface area contributed by atoms with Crippen LogP contribution in [-0.2, 0) is 4.79 Å². The lowest BCUT2D eigenvalue weighted by Gasteiger charge is -2.32. The van der Waals surface area contributed by atoms with Gasteiger partial charge in [0.25, 0.3) is 0 Å². The van der Waals surface area contributed by atoms with E-state index >= 15 is 0 Å². The van der Waals surface area contributed by atoms with Gasteiger partial charge in [0.15, 0.2) is 11.0 Å². The quantitative estimate of drug-likeness (QED) is 0.534. The van der Waals surface area contributed by atoms with E-state index in [4.69, 9.17) is 16.7 Å². The number of amides is 1. The Hall–Kier alpha value is -2.71. The van der Waals surface area contributed by atoms with Crippen molar-refractivity contribution in [1.29, 1.82) is 0 Å². The highest BCUT2D eigenvalue weighted by Gasteiger charge is 2.28. The Kier molecular flexibility index (Phi) is 7.14. The molecule has 0 spiro atoms. The van der Waals surface area contributed by atoms with Crippen molar-refractivity contribution in [2.24, 2.45) is 5.92 Å². The molecule has 1 aromatic carbocycles. The minimum Gasteiger partial charge on any atom is -0.356 e. The van der Waals surface area contributed by atoms with Gasteiger partial charge in [0, 0.05) is 25.6 Å². The zero-order valence-corrected chi connectivity index (χ0v) is 20.6. The van der Waals surface area contributed by atoms with Crippen LogP contribution in [0.4, 0.5) is 5.82 Å². The van der Waals surface area contributed by atoms with E-state index in [1.165, 1.54) is 5.56 Å². The van der Waals surface area contributed by atoms with Gasteiger partial charge in [-0.15, -0.1) is 10.2 Å². The molecule has 1 aliphatic heterocycles. The number of nitrogens with one attached hydrogen (secondary N) is 1. The maximum atomic E-state index is 12.6. The van der Waals surface area contributed by atoms with Crippen LogP contribution in [0.1, 0.15) is 30.5 Å². The largest absolute Gasteiger partial charge is 0.356 e. The number of piperidine rings is 1. The molecular formula is C24H32ClN7O. The van der Waals surface area contributed by atoms with Crippen molar-refractivity contribution >= 4 is 34.2 Å². The predicted molar refractivity (Wildman–Crippen MR) is 132 cm³/mol. The van der Waals surface area contributed by atoms with Gasteiger partial charge in [-0.3, -0.25) is 4.79 Å². The minimum atomic E-state index is 0.0349. The topological polar surface area (TPSA) is 79.2 Å². The summed E-state index contributed by atoms with van der Waals surface area (Å²) in [7, 11) is 4.08. The Bertz CT molecular complexity index is 1120. The SMILES string of the molecule is Cc1ccc(-n2nc3c(Cl)nnc(N4CCC(C(=O)NCCCN(C)C)CC4)c3c2C)cc1. The van der Waals surface area contributed by atoms with Gasteiger partial charge in [-0.2, -0.15) is 5.10 Å². The zero-order chi connectivity index (χ0) is 23.5. The third kappa shape index (κ3) is 5.12. The number of carbonyl (C=O) groups is 1. The van der Waals surface area contributed by atoms with Crippen molar-refractivity contribution in [2.45, 2.75) is 33.1 Å². The lowest BCUT2D eigenvalue weighted by atomic mass is 9.95. The van der Waals surface area contributed by atoms with Gasteiger partial charge < -0.3 is 15.1 Å². The number of nitrogens with zero attached hydrogens (tertiary/aromatic N) is 6. The minimum absolute atomic E-state index is 0.0349. The molecule has 0 radical (unpaired) electrons. The standard InChI is InChI=1S/C24H32ClN7O/c1-16-6-8-19(9-7-16)32-17(2)20-21(29-32)22(25)27-28-23(20)31-14-10-18(11-15-31)24(33)26-12-5-13-30(3)4/h6-9,18H,5,10-15H2,1-4H3,(H,26,33). The van der Waals surface area contributed by atoms with Gasteiger partial charge in [-0.05, 0) is 65.9 Å². The summed E-state index contributed by atoms with van der Waals surface area (Å²) in [5, 5.41) is 17.7. The van der Waals surface area contributed by atoms with Crippen molar-refractivity contribution in [3.63, 3.8) is 0 Å². The lowest BCUT2D eigenvalue weighted by molar-refractivity contribution is -0.125. The average Bonchev–Trinajstić information content (AvgIpc) is 3.16. The van der Waals surface area contributed by atoms with Crippen LogP contribution in [-0.4, -0.2) is 71.1 Å². The molecule has 9 heteroatoms. The molecule has 4 rings (SSSR count). The highest BCUT2D eigenvalue weighted by atomic mass is 35.5. The van der Waals surface area contributed by atoms with E-state index in [1.54, 1.807) is 0 Å². The average molecular weight is 470 g/mol. The molecule has 0 saturated carbocycles. The molecular weight excluding hydrogens is 438 g/mol. The smallest absolute Gasteiger partial charge is 0.223 e. The molecule has 2 aromatic heterocycles. The van der Waals surface area contributed by atoms with E-state index in [9.17, 15) is 4.79 Å². The second kappa shape index (κ2) is 10.1. The summed E-state index contributed by atoms with van der Waals surface area (Å²) < 4.78 is 1.90. The van der Waals surface area contributed by atoms with E-state index in [0.717, 1.165) is 68.0 Å². The summed E-state index contributed by atoms with van der Waals surface area (Å²) in [5.74, 6) is 0.979. The summed E-state index contributed by atoms with van der Waals surface area (Å²) in [4.78, 5) is 16.9. The first-order valence-electron chi connectivity index (χ1n) is 11.5. The van der Waals surface area contributed by atoms with Crippen LogP contribution in [0.3, 0.4) is 0 Å². The number of aryl methyl sites for hydroxylation is 2. The lowest BCUT2D eigenvalue weighted by Crippen LogP contribution is -2.41. The molecule has 0 bridgehead atoms. The molecule has 3 heterocycles. The number of hydrogen-bond acceptors (Lipinski definition) is 6. The van der Waals surface area contributed by atoms with Crippen LogP contribution in [0.2, 0.25) is 5.15 Å². The first-order chi connectivity index (χ1) is 15.8. The van der Waals surface area contributed by atoms with Crippen molar-refractivity contribution in [1.82, 2.24) is 30.2 Å². The Morgan fingerprint density at radius 3 is 2.52 bits per heavy atom. The molecule has 1 N–H and O–H groups in total. The third-order valence-corrected chi connectivity index (χ3v) is 6.55. The number of benzene rings is 1. The molecule has 176 valence electrons. The molecule has 3 aromatic rings. The van der Waals surface area contributed by atoms with E-state index in [2.05, 4.69) is 44.4 Å². The number of rotatable bonds is 7. The number of aromatic nitrogens is 4. The molecule has 1 saturated heterocycles. The Balaban J connectivity index is 1.50. The maximum absolute atomic E-state index is 12.6. The van der Waals surface area contributed by atoms with Crippen LogP contribution in [0.5, 0.6) is 0 Å². The highest BCUT2D eigenvalue weighted by Crippen LogP contribution is 2.34. The van der Waals surface area contributed by atoms with E-state index in [0.29, 0.717) is 10.7 Å². The summed E-state index contributed by atoms with van der Waals surface area (Å²) in [6.45, 7) is 7.28. The summed E-state index contributed by atoms with van der Waals surface area (Å²) >= 11 is 6.39. The molecule has 1 fully saturated rings. The van der Waals surface area contributed by atoms with Crippen LogP contribution < -0.4 is 10.2 Å². The third-order valence-electron chi connectivity index (χ3n) is 6.29. The first-order valence-corrected chi connectivity index (χ1v) is 11.9. The molecule has 1 amide bonds.